The monoisotopic (exact) mass is 774 g/mol. The third-order valence-electron chi connectivity index (χ3n) is 8.76. The number of hydrogen-bond acceptors (Lipinski definition) is 9. The Morgan fingerprint density at radius 1 is 0.704 bits per heavy atom. The summed E-state index contributed by atoms with van der Waals surface area (Å²) in [7, 11) is 4.44. The molecule has 11 heteroatoms. The minimum absolute atomic E-state index is 0. The summed E-state index contributed by atoms with van der Waals surface area (Å²) in [5.41, 5.74) is 13.5. The molecule has 2 aliphatic heterocycles. The molecule has 0 aromatic heterocycles. The molecule has 0 radical (unpaired) electrons. The quantitative estimate of drug-likeness (QED) is 0.129. The molecule has 5 aromatic rings. The maximum atomic E-state index is 7.00. The third-order valence-corrected chi connectivity index (χ3v) is 8.76. The van der Waals surface area contributed by atoms with Gasteiger partial charge in [-0.05, 0) is 53.1 Å². The highest BCUT2D eigenvalue weighted by Gasteiger charge is 2.24. The number of nitrogens with zero attached hydrogens (tertiary/aromatic N) is 2. The molecule has 0 aliphatic carbocycles. The van der Waals surface area contributed by atoms with Crippen molar-refractivity contribution in [3.05, 3.63) is 144 Å². The van der Waals surface area contributed by atoms with Gasteiger partial charge in [-0.15, -0.1) is 0 Å². The van der Waals surface area contributed by atoms with Crippen molar-refractivity contribution in [1.29, 1.82) is 0 Å². The Bertz CT molecular complexity index is 1710. The second-order valence-electron chi connectivity index (χ2n) is 12.3. The van der Waals surface area contributed by atoms with E-state index in [9.17, 15) is 0 Å². The number of anilines is 4. The number of rotatable bonds is 9. The Morgan fingerprint density at radius 3 is 1.80 bits per heavy atom. The summed E-state index contributed by atoms with van der Waals surface area (Å²) in [6.45, 7) is 5.10. The summed E-state index contributed by atoms with van der Waals surface area (Å²) in [5, 5.41) is 10.2. The van der Waals surface area contributed by atoms with Gasteiger partial charge in [-0.3, -0.25) is 0 Å². The highest BCUT2D eigenvalue weighted by atomic mass is 32.1. The maximum absolute atomic E-state index is 7.00. The third kappa shape index (κ3) is 13.1. The average Bonchev–Trinajstić information content (AvgIpc) is 3.50. The number of fused-ring (bicyclic) bond motifs is 2. The molecule has 0 amide bonds. The molecule has 0 fully saturated rings. The first-order valence-corrected chi connectivity index (χ1v) is 17.2. The van der Waals surface area contributed by atoms with Crippen LogP contribution in [-0.4, -0.2) is 64.9 Å². The van der Waals surface area contributed by atoms with Crippen LogP contribution in [0.25, 0.3) is 0 Å². The normalized spacial score (nSPS) is 15.1. The highest BCUT2D eigenvalue weighted by Crippen LogP contribution is 2.37. The number of methoxy groups -OCH3 is 2. The van der Waals surface area contributed by atoms with Crippen LogP contribution in [0.5, 0.6) is 11.5 Å². The van der Waals surface area contributed by atoms with Crippen LogP contribution in [0.3, 0.4) is 0 Å². The molecule has 54 heavy (non-hydrogen) atoms. The van der Waals surface area contributed by atoms with Crippen LogP contribution in [-0.2, 0) is 29.1 Å². The van der Waals surface area contributed by atoms with Crippen LogP contribution in [0.1, 0.15) is 24.1 Å². The first kappa shape index (κ1) is 45.6. The molecule has 2 heterocycles. The molecular weight excluding hydrogens is 717 g/mol. The summed E-state index contributed by atoms with van der Waals surface area (Å²) in [5.74, 6) is 1.74. The molecule has 9 nitrogen and oxygen atoms in total. The Hall–Kier alpha value is -4.52. The van der Waals surface area contributed by atoms with E-state index < -0.39 is 0 Å². The fraction of sp³-hybridized carbons (Fsp3) is 0.302. The summed E-state index contributed by atoms with van der Waals surface area (Å²) in [4.78, 5) is 4.82. The van der Waals surface area contributed by atoms with Crippen LogP contribution in [0.4, 0.5) is 22.7 Å². The Morgan fingerprint density at radius 2 is 1.22 bits per heavy atom. The van der Waals surface area contributed by atoms with Crippen molar-refractivity contribution in [3.8, 4) is 11.5 Å². The summed E-state index contributed by atoms with van der Waals surface area (Å²) in [6.07, 6.45) is 0.0999. The van der Waals surface area contributed by atoms with E-state index in [-0.39, 0.29) is 46.6 Å². The Kier molecular flexibility index (Phi) is 20.3. The number of ether oxygens (including phenoxy) is 4. The second kappa shape index (κ2) is 24.0. The molecule has 0 unspecified atom stereocenters. The standard InChI is InChI=1S/C31H32N2O2.C10H14N2O2.CH4O.CH4.2H2S/c1-34-29-23-33(22-27-15-9-4-10-16-27)30-19-28(17-18-31(30)35-24-29)32(20-25-11-5-2-6-12-25)21-26-13-7-3-8-14-26;1-13-8-5-12-9-4-7(11)2-3-10(9)14-6-8;1-2;;;/h2-19,29H,20-24H2,1H3;2-4,8,12H,5-6,11H2,1H3;2H,1H3;1H4;2*1H2/t29-;8-;;;;/m00..../s1. The van der Waals surface area contributed by atoms with Crippen LogP contribution in [0.2, 0.25) is 0 Å². The number of nitrogens with one attached hydrogen (secondary N) is 1. The second-order valence-corrected chi connectivity index (χ2v) is 12.3. The van der Waals surface area contributed by atoms with Crippen molar-refractivity contribution in [1.82, 2.24) is 0 Å². The fourth-order valence-corrected chi connectivity index (χ4v) is 6.02. The van der Waals surface area contributed by atoms with Crippen molar-refractivity contribution < 1.29 is 24.1 Å². The smallest absolute Gasteiger partial charge is 0.142 e. The molecule has 0 saturated heterocycles. The van der Waals surface area contributed by atoms with Crippen molar-refractivity contribution in [2.75, 3.05) is 68.5 Å². The summed E-state index contributed by atoms with van der Waals surface area (Å²) < 4.78 is 22.7. The van der Waals surface area contributed by atoms with Gasteiger partial charge >= 0.3 is 0 Å². The minimum Gasteiger partial charge on any atom is -0.489 e. The van der Waals surface area contributed by atoms with Gasteiger partial charge in [0, 0.05) is 65.4 Å². The van der Waals surface area contributed by atoms with E-state index in [4.69, 9.17) is 29.8 Å². The van der Waals surface area contributed by atoms with Crippen molar-refractivity contribution >= 4 is 49.7 Å². The maximum Gasteiger partial charge on any atom is 0.142 e. The van der Waals surface area contributed by atoms with Gasteiger partial charge in [0.05, 0.1) is 11.4 Å². The predicted molar refractivity (Wildman–Crippen MR) is 234 cm³/mol. The van der Waals surface area contributed by atoms with E-state index in [1.807, 2.05) is 18.2 Å². The van der Waals surface area contributed by atoms with Crippen LogP contribution >= 0.6 is 27.0 Å². The van der Waals surface area contributed by atoms with Crippen LogP contribution < -0.4 is 30.3 Å². The molecular formula is C43H58N4O5S2. The molecule has 2 atom stereocenters. The molecule has 0 spiro atoms. The molecule has 292 valence electrons. The van der Waals surface area contributed by atoms with Gasteiger partial charge in [0.25, 0.3) is 0 Å². The van der Waals surface area contributed by atoms with Crippen molar-refractivity contribution in [2.45, 2.75) is 39.3 Å². The fourth-order valence-electron chi connectivity index (χ4n) is 6.02. The van der Waals surface area contributed by atoms with E-state index in [0.29, 0.717) is 13.2 Å². The first-order valence-electron chi connectivity index (χ1n) is 17.2. The van der Waals surface area contributed by atoms with Crippen molar-refractivity contribution in [2.24, 2.45) is 0 Å². The molecule has 5 aromatic carbocycles. The number of benzene rings is 5. The SMILES string of the molecule is C.CO.CO[C@@H]1COc2ccc(N(Cc3ccccc3)Cc3ccccc3)cc2N(Cc2ccccc2)C1.CO[C@H]1CNc2cc(N)ccc2OC1.S.S. The number of aliphatic hydroxyl groups is 1. The lowest BCUT2D eigenvalue weighted by Gasteiger charge is -2.29. The number of nitrogen functional groups attached to an aromatic ring is 1. The topological polar surface area (TPSA) is 102 Å². The van der Waals surface area contributed by atoms with E-state index in [2.05, 4.69) is 124 Å². The van der Waals surface area contributed by atoms with Gasteiger partial charge in [-0.1, -0.05) is 98.4 Å². The van der Waals surface area contributed by atoms with Gasteiger partial charge < -0.3 is 44.9 Å². The lowest BCUT2D eigenvalue weighted by molar-refractivity contribution is 0.0674. The zero-order chi connectivity index (χ0) is 35.8. The Balaban J connectivity index is 0.000000449. The van der Waals surface area contributed by atoms with Gasteiger partial charge in [0.15, 0.2) is 0 Å². The molecule has 0 bridgehead atoms. The number of nitrogens with two attached hydrogens (primary N) is 1. The Labute approximate surface area is 335 Å². The van der Waals surface area contributed by atoms with Crippen molar-refractivity contribution in [3.63, 3.8) is 0 Å². The van der Waals surface area contributed by atoms with Crippen LogP contribution in [0, 0.1) is 0 Å². The highest BCUT2D eigenvalue weighted by molar-refractivity contribution is 7.59. The molecule has 4 N–H and O–H groups in total. The lowest BCUT2D eigenvalue weighted by atomic mass is 10.1. The largest absolute Gasteiger partial charge is 0.489 e. The van der Waals surface area contributed by atoms with Gasteiger partial charge in [0.2, 0.25) is 0 Å². The lowest BCUT2D eigenvalue weighted by Crippen LogP contribution is -2.34. The average molecular weight is 775 g/mol. The van der Waals surface area contributed by atoms with Gasteiger partial charge in [0.1, 0.15) is 36.9 Å². The van der Waals surface area contributed by atoms with Crippen LogP contribution in [0.15, 0.2) is 127 Å². The summed E-state index contributed by atoms with van der Waals surface area (Å²) in [6, 6.07) is 44.0. The minimum atomic E-state index is 0. The van der Waals surface area contributed by atoms with Gasteiger partial charge in [-0.2, -0.15) is 27.0 Å². The van der Waals surface area contributed by atoms with E-state index in [1.54, 1.807) is 14.2 Å². The molecule has 2 aliphatic rings. The van der Waals surface area contributed by atoms with Gasteiger partial charge in [-0.25, -0.2) is 0 Å². The van der Waals surface area contributed by atoms with E-state index in [0.717, 1.165) is 68.4 Å². The zero-order valence-corrected chi connectivity index (χ0v) is 32.8. The number of aliphatic hydroxyl groups excluding tert-OH is 1. The first-order chi connectivity index (χ1) is 25.1. The van der Waals surface area contributed by atoms with E-state index in [1.165, 1.54) is 22.4 Å². The molecule has 7 rings (SSSR count). The van der Waals surface area contributed by atoms with E-state index >= 15 is 0 Å². The number of hydrogen-bond donors (Lipinski definition) is 3. The predicted octanol–water partition coefficient (Wildman–Crippen LogP) is 7.87. The zero-order valence-electron chi connectivity index (χ0n) is 30.8. The summed E-state index contributed by atoms with van der Waals surface area (Å²) >= 11 is 0. The molecule has 0 saturated carbocycles.